The minimum atomic E-state index is -1.12. The Kier molecular flexibility index (Phi) is 4.69. The van der Waals surface area contributed by atoms with Crippen molar-refractivity contribution in [3.05, 3.63) is 35.6 Å². The van der Waals surface area contributed by atoms with Gasteiger partial charge in [-0.15, -0.1) is 0 Å². The molecule has 0 saturated heterocycles. The summed E-state index contributed by atoms with van der Waals surface area (Å²) < 4.78 is 18.6. The number of hydrogen-bond acceptors (Lipinski definition) is 3. The molecule has 1 aliphatic rings. The first kappa shape index (κ1) is 16.7. The van der Waals surface area contributed by atoms with E-state index in [-0.39, 0.29) is 18.0 Å². The van der Waals surface area contributed by atoms with Crippen molar-refractivity contribution >= 4 is 11.8 Å². The monoisotopic (exact) mass is 306 g/mol. The summed E-state index contributed by atoms with van der Waals surface area (Å²) in [5.74, 6) is -0.837. The van der Waals surface area contributed by atoms with Gasteiger partial charge in [-0.2, -0.15) is 0 Å². The zero-order chi connectivity index (χ0) is 16.4. The Morgan fingerprint density at radius 2 is 1.86 bits per heavy atom. The number of halogens is 1. The lowest BCUT2D eigenvalue weighted by Gasteiger charge is -2.36. The predicted molar refractivity (Wildman–Crippen MR) is 81.9 cm³/mol. The fourth-order valence-electron chi connectivity index (χ4n) is 2.89. The molecular formula is C18H23FO3. The number of rotatable bonds is 3. The highest BCUT2D eigenvalue weighted by atomic mass is 19.1. The minimum absolute atomic E-state index is 0.0580. The Balaban J connectivity index is 2.31. The van der Waals surface area contributed by atoms with Gasteiger partial charge in [0, 0.05) is 6.42 Å². The Hall–Kier alpha value is -1.71. The van der Waals surface area contributed by atoms with Crippen LogP contribution in [0.2, 0.25) is 0 Å². The van der Waals surface area contributed by atoms with E-state index >= 15 is 0 Å². The van der Waals surface area contributed by atoms with Gasteiger partial charge in [0.1, 0.15) is 16.8 Å². The van der Waals surface area contributed by atoms with Crippen LogP contribution >= 0.6 is 0 Å². The zero-order valence-electron chi connectivity index (χ0n) is 13.4. The van der Waals surface area contributed by atoms with Crippen molar-refractivity contribution in [2.24, 2.45) is 5.41 Å². The van der Waals surface area contributed by atoms with Gasteiger partial charge in [0.05, 0.1) is 0 Å². The number of ketones is 1. The molecule has 0 heterocycles. The van der Waals surface area contributed by atoms with Crippen molar-refractivity contribution in [2.75, 3.05) is 0 Å². The zero-order valence-corrected chi connectivity index (χ0v) is 13.4. The highest BCUT2D eigenvalue weighted by molar-refractivity contribution is 6.04. The Bertz CT molecular complexity index is 557. The number of esters is 1. The molecule has 1 atom stereocenters. The second-order valence-corrected chi connectivity index (χ2v) is 7.02. The molecule has 3 nitrogen and oxygen atoms in total. The van der Waals surface area contributed by atoms with Crippen LogP contribution in [0.15, 0.2) is 24.3 Å². The summed E-state index contributed by atoms with van der Waals surface area (Å²) in [5, 5.41) is 0. The lowest BCUT2D eigenvalue weighted by Crippen LogP contribution is -2.47. The molecule has 1 aromatic rings. The summed E-state index contributed by atoms with van der Waals surface area (Å²) in [5.41, 5.74) is -0.976. The molecule has 0 N–H and O–H groups in total. The van der Waals surface area contributed by atoms with E-state index in [2.05, 4.69) is 0 Å². The van der Waals surface area contributed by atoms with Crippen LogP contribution in [0.5, 0.6) is 0 Å². The fourth-order valence-corrected chi connectivity index (χ4v) is 2.89. The molecule has 1 unspecified atom stereocenters. The molecule has 22 heavy (non-hydrogen) atoms. The lowest BCUT2D eigenvalue weighted by molar-refractivity contribution is -0.172. The number of carbonyl (C=O) groups excluding carboxylic acids is 2. The lowest BCUT2D eigenvalue weighted by atomic mass is 9.69. The standard InChI is InChI=1S/C18H23FO3/c1-17(2,3)22-16(21)18(11-5-4-6-15(18)20)12-13-7-9-14(19)10-8-13/h7-10H,4-6,11-12H2,1-3H3. The first-order chi connectivity index (χ1) is 10.2. The van der Waals surface area contributed by atoms with Crippen LogP contribution < -0.4 is 0 Å². The molecule has 0 bridgehead atoms. The quantitative estimate of drug-likeness (QED) is 0.629. The van der Waals surface area contributed by atoms with Gasteiger partial charge in [0.2, 0.25) is 0 Å². The molecular weight excluding hydrogens is 283 g/mol. The third-order valence-corrected chi connectivity index (χ3v) is 4.00. The third-order valence-electron chi connectivity index (χ3n) is 4.00. The molecule has 1 fully saturated rings. The molecule has 0 aromatic heterocycles. The molecule has 0 aliphatic heterocycles. The second-order valence-electron chi connectivity index (χ2n) is 7.02. The van der Waals surface area contributed by atoms with Crippen LogP contribution in [0.3, 0.4) is 0 Å². The summed E-state index contributed by atoms with van der Waals surface area (Å²) >= 11 is 0. The molecule has 0 spiro atoms. The van der Waals surface area contributed by atoms with Crippen molar-refractivity contribution in [3.8, 4) is 0 Å². The Morgan fingerprint density at radius 1 is 1.23 bits per heavy atom. The van der Waals surface area contributed by atoms with Crippen LogP contribution in [0.1, 0.15) is 52.0 Å². The van der Waals surface area contributed by atoms with E-state index in [9.17, 15) is 14.0 Å². The van der Waals surface area contributed by atoms with Gasteiger partial charge in [-0.25, -0.2) is 4.39 Å². The number of Topliss-reactive ketones (excluding diaryl/α,β-unsaturated/α-hetero) is 1. The van der Waals surface area contributed by atoms with Gasteiger partial charge in [0.25, 0.3) is 0 Å². The number of benzene rings is 1. The maximum absolute atomic E-state index is 13.1. The van der Waals surface area contributed by atoms with Crippen molar-refractivity contribution in [2.45, 2.75) is 58.5 Å². The summed E-state index contributed by atoms with van der Waals surface area (Å²) in [7, 11) is 0. The van der Waals surface area contributed by atoms with Gasteiger partial charge in [-0.05, 0) is 57.7 Å². The van der Waals surface area contributed by atoms with Gasteiger partial charge >= 0.3 is 5.97 Å². The van der Waals surface area contributed by atoms with E-state index in [0.29, 0.717) is 12.8 Å². The average molecular weight is 306 g/mol. The second kappa shape index (κ2) is 6.19. The summed E-state index contributed by atoms with van der Waals surface area (Å²) in [6.07, 6.45) is 2.82. The molecule has 2 rings (SSSR count). The topological polar surface area (TPSA) is 43.4 Å². The van der Waals surface area contributed by atoms with Crippen molar-refractivity contribution in [1.29, 1.82) is 0 Å². The van der Waals surface area contributed by atoms with E-state index in [4.69, 9.17) is 4.74 Å². The van der Waals surface area contributed by atoms with Gasteiger partial charge in [0.15, 0.2) is 5.78 Å². The third kappa shape index (κ3) is 3.73. The van der Waals surface area contributed by atoms with Crippen molar-refractivity contribution in [3.63, 3.8) is 0 Å². The molecule has 1 aliphatic carbocycles. The summed E-state index contributed by atoms with van der Waals surface area (Å²) in [6.45, 7) is 5.39. The fraction of sp³-hybridized carbons (Fsp3) is 0.556. The summed E-state index contributed by atoms with van der Waals surface area (Å²) in [6, 6.07) is 5.96. The molecule has 0 amide bonds. The van der Waals surface area contributed by atoms with E-state index in [1.807, 2.05) is 0 Å². The van der Waals surface area contributed by atoms with Gasteiger partial charge < -0.3 is 4.74 Å². The molecule has 4 heteroatoms. The van der Waals surface area contributed by atoms with Crippen LogP contribution in [-0.4, -0.2) is 17.4 Å². The first-order valence-electron chi connectivity index (χ1n) is 7.74. The van der Waals surface area contributed by atoms with E-state index < -0.39 is 17.0 Å². The highest BCUT2D eigenvalue weighted by Crippen LogP contribution is 2.39. The molecule has 1 aromatic carbocycles. The molecule has 0 radical (unpaired) electrons. The Labute approximate surface area is 130 Å². The van der Waals surface area contributed by atoms with Crippen molar-refractivity contribution in [1.82, 2.24) is 0 Å². The number of carbonyl (C=O) groups is 2. The smallest absolute Gasteiger partial charge is 0.320 e. The number of ether oxygens (including phenoxy) is 1. The normalized spacial score (nSPS) is 22.5. The van der Waals surface area contributed by atoms with Gasteiger partial charge in [-0.3, -0.25) is 9.59 Å². The van der Waals surface area contributed by atoms with Crippen LogP contribution in [0.4, 0.5) is 4.39 Å². The Morgan fingerprint density at radius 3 is 2.41 bits per heavy atom. The van der Waals surface area contributed by atoms with E-state index in [0.717, 1.165) is 18.4 Å². The van der Waals surface area contributed by atoms with Crippen molar-refractivity contribution < 1.29 is 18.7 Å². The maximum atomic E-state index is 13.1. The largest absolute Gasteiger partial charge is 0.459 e. The first-order valence-corrected chi connectivity index (χ1v) is 7.74. The van der Waals surface area contributed by atoms with Crippen LogP contribution in [-0.2, 0) is 20.7 Å². The predicted octanol–water partition coefficient (Wildman–Crippen LogP) is 3.84. The summed E-state index contributed by atoms with van der Waals surface area (Å²) in [4.78, 5) is 25.2. The number of hydrogen-bond donors (Lipinski definition) is 0. The van der Waals surface area contributed by atoms with E-state index in [1.165, 1.54) is 12.1 Å². The van der Waals surface area contributed by atoms with E-state index in [1.54, 1.807) is 32.9 Å². The SMILES string of the molecule is CC(C)(C)OC(=O)C1(Cc2ccc(F)cc2)CCCCC1=O. The minimum Gasteiger partial charge on any atom is -0.459 e. The average Bonchev–Trinajstić information content (AvgIpc) is 2.42. The highest BCUT2D eigenvalue weighted by Gasteiger charge is 2.48. The molecule has 120 valence electrons. The van der Waals surface area contributed by atoms with Crippen LogP contribution in [0, 0.1) is 11.2 Å². The maximum Gasteiger partial charge on any atom is 0.320 e. The van der Waals surface area contributed by atoms with Gasteiger partial charge in [-0.1, -0.05) is 18.6 Å². The van der Waals surface area contributed by atoms with Crippen LogP contribution in [0.25, 0.3) is 0 Å². The molecule has 1 saturated carbocycles.